The van der Waals surface area contributed by atoms with Crippen molar-refractivity contribution >= 4 is 5.91 Å². The molecule has 1 aromatic heterocycles. The van der Waals surface area contributed by atoms with Crippen LogP contribution in [0.15, 0.2) is 23.1 Å². The molecule has 0 aromatic carbocycles. The largest absolute Gasteiger partial charge is 0.394 e. The van der Waals surface area contributed by atoms with Gasteiger partial charge in [0.05, 0.1) is 19.8 Å². The lowest BCUT2D eigenvalue weighted by molar-refractivity contribution is 0.0374. The van der Waals surface area contributed by atoms with Crippen molar-refractivity contribution in [1.82, 2.24) is 10.3 Å². The second-order valence-electron chi connectivity index (χ2n) is 3.62. The van der Waals surface area contributed by atoms with Gasteiger partial charge in [-0.3, -0.25) is 9.59 Å². The molecule has 1 rings (SSSR count). The van der Waals surface area contributed by atoms with Crippen LogP contribution in [0.25, 0.3) is 0 Å². The summed E-state index contributed by atoms with van der Waals surface area (Å²) in [5.41, 5.74) is -2.29. The van der Waals surface area contributed by atoms with Gasteiger partial charge in [0.2, 0.25) is 0 Å². The van der Waals surface area contributed by atoms with Gasteiger partial charge >= 0.3 is 0 Å². The van der Waals surface area contributed by atoms with Gasteiger partial charge < -0.3 is 25.6 Å². The van der Waals surface area contributed by atoms with E-state index in [4.69, 9.17) is 15.3 Å². The Morgan fingerprint density at radius 3 is 2.35 bits per heavy atom. The van der Waals surface area contributed by atoms with E-state index in [1.165, 1.54) is 18.3 Å². The van der Waals surface area contributed by atoms with Gasteiger partial charge in [0.25, 0.3) is 11.5 Å². The Morgan fingerprint density at radius 2 is 1.88 bits per heavy atom. The SMILES string of the molecule is O=C(NC(CO)(CO)CO)c1ccc[nH]c1=O. The third kappa shape index (κ3) is 2.90. The highest BCUT2D eigenvalue weighted by molar-refractivity contribution is 5.94. The quantitative estimate of drug-likeness (QED) is 0.402. The third-order valence-electron chi connectivity index (χ3n) is 2.35. The van der Waals surface area contributed by atoms with Crippen LogP contribution in [0.4, 0.5) is 0 Å². The van der Waals surface area contributed by atoms with Crippen LogP contribution in [0, 0.1) is 0 Å². The van der Waals surface area contributed by atoms with Gasteiger partial charge in [-0.15, -0.1) is 0 Å². The maximum atomic E-state index is 11.7. The number of aromatic nitrogens is 1. The number of carbonyl (C=O) groups excluding carboxylic acids is 1. The number of amides is 1. The molecule has 0 aliphatic carbocycles. The first-order valence-electron chi connectivity index (χ1n) is 4.91. The molecule has 5 N–H and O–H groups in total. The van der Waals surface area contributed by atoms with E-state index >= 15 is 0 Å². The molecule has 1 aromatic rings. The predicted octanol–water partition coefficient (Wildman–Crippen LogP) is -2.18. The average molecular weight is 242 g/mol. The summed E-state index contributed by atoms with van der Waals surface area (Å²) in [6, 6.07) is 2.76. The Labute approximate surface area is 96.7 Å². The first-order chi connectivity index (χ1) is 8.08. The fourth-order valence-electron chi connectivity index (χ4n) is 1.18. The first kappa shape index (κ1) is 13.4. The number of rotatable bonds is 5. The number of aromatic amines is 1. The number of hydrogen-bond acceptors (Lipinski definition) is 5. The Kier molecular flexibility index (Phi) is 4.38. The van der Waals surface area contributed by atoms with Crippen LogP contribution in [0.1, 0.15) is 10.4 Å². The number of pyridine rings is 1. The summed E-state index contributed by atoms with van der Waals surface area (Å²) < 4.78 is 0. The van der Waals surface area contributed by atoms with Crippen molar-refractivity contribution < 1.29 is 20.1 Å². The molecular weight excluding hydrogens is 228 g/mol. The Morgan fingerprint density at radius 1 is 1.29 bits per heavy atom. The fraction of sp³-hybridized carbons (Fsp3) is 0.400. The average Bonchev–Trinajstić information content (AvgIpc) is 2.36. The van der Waals surface area contributed by atoms with Crippen LogP contribution in [-0.2, 0) is 0 Å². The van der Waals surface area contributed by atoms with Gasteiger partial charge in [0.15, 0.2) is 0 Å². The lowest BCUT2D eigenvalue weighted by Gasteiger charge is -2.28. The number of hydrogen-bond donors (Lipinski definition) is 5. The van der Waals surface area contributed by atoms with Crippen molar-refractivity contribution in [3.05, 3.63) is 34.2 Å². The van der Waals surface area contributed by atoms with Crippen molar-refractivity contribution in [2.45, 2.75) is 5.54 Å². The highest BCUT2D eigenvalue weighted by Gasteiger charge is 2.30. The van der Waals surface area contributed by atoms with Crippen molar-refractivity contribution in [1.29, 1.82) is 0 Å². The molecule has 17 heavy (non-hydrogen) atoms. The fourth-order valence-corrected chi connectivity index (χ4v) is 1.18. The normalized spacial score (nSPS) is 11.2. The zero-order valence-corrected chi connectivity index (χ0v) is 9.01. The lowest BCUT2D eigenvalue weighted by Crippen LogP contribution is -2.57. The molecule has 0 saturated heterocycles. The third-order valence-corrected chi connectivity index (χ3v) is 2.35. The predicted molar refractivity (Wildman–Crippen MR) is 58.5 cm³/mol. The molecule has 1 heterocycles. The molecular formula is C10H14N2O5. The molecule has 0 fully saturated rings. The van der Waals surface area contributed by atoms with E-state index in [1.807, 2.05) is 0 Å². The smallest absolute Gasteiger partial charge is 0.260 e. The van der Waals surface area contributed by atoms with Gasteiger partial charge in [0, 0.05) is 6.20 Å². The first-order valence-corrected chi connectivity index (χ1v) is 4.91. The Balaban J connectivity index is 2.93. The molecule has 0 saturated carbocycles. The molecule has 94 valence electrons. The summed E-state index contributed by atoms with van der Waals surface area (Å²) in [7, 11) is 0. The molecule has 0 aliphatic heterocycles. The van der Waals surface area contributed by atoms with E-state index in [2.05, 4.69) is 10.3 Å². The second kappa shape index (κ2) is 5.58. The van der Waals surface area contributed by atoms with Crippen LogP contribution in [0.5, 0.6) is 0 Å². The second-order valence-corrected chi connectivity index (χ2v) is 3.62. The molecule has 0 radical (unpaired) electrons. The number of aliphatic hydroxyl groups excluding tert-OH is 3. The van der Waals surface area contributed by atoms with Gasteiger partial charge in [0.1, 0.15) is 11.1 Å². The maximum absolute atomic E-state index is 11.7. The van der Waals surface area contributed by atoms with Gasteiger partial charge in [-0.25, -0.2) is 0 Å². The summed E-state index contributed by atoms with van der Waals surface area (Å²) >= 11 is 0. The minimum Gasteiger partial charge on any atom is -0.394 e. The van der Waals surface area contributed by atoms with Crippen molar-refractivity contribution in [2.24, 2.45) is 0 Å². The number of H-pyrrole nitrogens is 1. The zero-order chi connectivity index (χ0) is 12.9. The molecule has 0 bridgehead atoms. The molecule has 7 heteroatoms. The number of carbonyl (C=O) groups is 1. The van der Waals surface area contributed by atoms with E-state index < -0.39 is 36.8 Å². The highest BCUT2D eigenvalue weighted by atomic mass is 16.3. The summed E-state index contributed by atoms with van der Waals surface area (Å²) in [6.45, 7) is -1.93. The van der Waals surface area contributed by atoms with Crippen LogP contribution in [0.3, 0.4) is 0 Å². The zero-order valence-electron chi connectivity index (χ0n) is 9.01. The Bertz CT molecular complexity index is 430. The minimum absolute atomic E-state index is 0.160. The van der Waals surface area contributed by atoms with Gasteiger partial charge in [-0.1, -0.05) is 0 Å². The van der Waals surface area contributed by atoms with E-state index in [-0.39, 0.29) is 5.56 Å². The topological polar surface area (TPSA) is 123 Å². The Hall–Kier alpha value is -1.70. The van der Waals surface area contributed by atoms with Crippen molar-refractivity contribution in [3.63, 3.8) is 0 Å². The van der Waals surface area contributed by atoms with Gasteiger partial charge in [-0.2, -0.15) is 0 Å². The molecule has 0 unspecified atom stereocenters. The summed E-state index contributed by atoms with van der Waals surface area (Å²) in [5.74, 6) is -0.774. The van der Waals surface area contributed by atoms with Crippen LogP contribution >= 0.6 is 0 Å². The molecule has 0 aliphatic rings. The highest BCUT2D eigenvalue weighted by Crippen LogP contribution is 2.03. The standard InChI is InChI=1S/C10H14N2O5/c13-4-10(5-14,6-15)12-9(17)7-2-1-3-11-8(7)16/h1-3,13-15H,4-6H2,(H,11,16)(H,12,17). The van der Waals surface area contributed by atoms with Crippen molar-refractivity contribution in [3.8, 4) is 0 Å². The molecule has 0 atom stereocenters. The van der Waals surface area contributed by atoms with Crippen molar-refractivity contribution in [2.75, 3.05) is 19.8 Å². The maximum Gasteiger partial charge on any atom is 0.260 e. The van der Waals surface area contributed by atoms with E-state index in [1.54, 1.807) is 0 Å². The van der Waals surface area contributed by atoms with Crippen LogP contribution in [-0.4, -0.2) is 51.6 Å². The monoisotopic (exact) mass is 242 g/mol. The minimum atomic E-state index is -1.54. The summed E-state index contributed by atoms with van der Waals surface area (Å²) in [4.78, 5) is 25.3. The number of nitrogens with one attached hydrogen (secondary N) is 2. The molecule has 7 nitrogen and oxygen atoms in total. The van der Waals surface area contributed by atoms with E-state index in [0.29, 0.717) is 0 Å². The molecule has 1 amide bonds. The van der Waals surface area contributed by atoms with E-state index in [0.717, 1.165) is 0 Å². The summed E-state index contributed by atoms with van der Waals surface area (Å²) in [5, 5.41) is 29.3. The van der Waals surface area contributed by atoms with E-state index in [9.17, 15) is 9.59 Å². The number of aliphatic hydroxyl groups is 3. The lowest BCUT2D eigenvalue weighted by atomic mass is 10.0. The van der Waals surface area contributed by atoms with Crippen LogP contribution < -0.4 is 10.9 Å². The summed E-state index contributed by atoms with van der Waals surface area (Å²) in [6.07, 6.45) is 1.37. The van der Waals surface area contributed by atoms with Crippen LogP contribution in [0.2, 0.25) is 0 Å². The van der Waals surface area contributed by atoms with Gasteiger partial charge in [-0.05, 0) is 12.1 Å². The molecule has 0 spiro atoms.